The van der Waals surface area contributed by atoms with Crippen LogP contribution in [-0.4, -0.2) is 56.8 Å². The van der Waals surface area contributed by atoms with Gasteiger partial charge in [0.2, 0.25) is 5.91 Å². The Hall–Kier alpha value is -4.38. The SMILES string of the molecule is Nc1nc(N)c(C(=O)/N=C2\NCC3(CC4CCC(C3)N4C(=O)CCc3ccc(OCc4ccccc4)cc3)N2)nc1Cl. The van der Waals surface area contributed by atoms with Crippen LogP contribution in [0.1, 0.15) is 53.7 Å². The standard InChI is InChI=1S/C30H33ClN8O3/c31-25-27(33)36-26(32)24(35-25)28(41)37-29-34-17-30(38-29)14-20-9-10-21(15-30)39(20)23(40)13-8-18-6-11-22(12-7-18)42-16-19-4-2-1-3-5-19/h1-7,11-12,20-21H,8-10,13-17H2,(H4,32,33,36)(H2,34,37,38,41). The molecule has 11 nitrogen and oxygen atoms in total. The van der Waals surface area contributed by atoms with Crippen molar-refractivity contribution in [3.05, 3.63) is 76.6 Å². The third-order valence-electron chi connectivity index (χ3n) is 8.26. The number of halogens is 1. The highest BCUT2D eigenvalue weighted by Gasteiger charge is 2.52. The first-order valence-corrected chi connectivity index (χ1v) is 14.5. The molecule has 1 aromatic heterocycles. The van der Waals surface area contributed by atoms with Gasteiger partial charge in [0.05, 0.1) is 5.54 Å². The van der Waals surface area contributed by atoms with Crippen LogP contribution in [0.25, 0.3) is 0 Å². The fourth-order valence-corrected chi connectivity index (χ4v) is 6.41. The number of aryl methyl sites for hydroxylation is 1. The number of nitrogens with one attached hydrogen (secondary N) is 2. The number of amides is 2. The molecule has 0 aliphatic carbocycles. The molecule has 4 heterocycles. The zero-order valence-corrected chi connectivity index (χ0v) is 23.8. The highest BCUT2D eigenvalue weighted by atomic mass is 35.5. The summed E-state index contributed by atoms with van der Waals surface area (Å²) < 4.78 is 5.88. The number of fused-ring (bicyclic) bond motifs is 2. The maximum absolute atomic E-state index is 13.4. The molecule has 2 atom stereocenters. The number of aromatic nitrogens is 2. The Balaban J connectivity index is 1.02. The molecular formula is C30H33ClN8O3. The number of nitrogens with zero attached hydrogens (tertiary/aromatic N) is 4. The maximum Gasteiger partial charge on any atom is 0.302 e. The van der Waals surface area contributed by atoms with Gasteiger partial charge >= 0.3 is 5.91 Å². The summed E-state index contributed by atoms with van der Waals surface area (Å²) in [6.45, 7) is 1.13. The molecule has 218 valence electrons. The molecule has 2 amide bonds. The van der Waals surface area contributed by atoms with E-state index in [9.17, 15) is 9.59 Å². The predicted molar refractivity (Wildman–Crippen MR) is 160 cm³/mol. The maximum atomic E-state index is 13.4. The largest absolute Gasteiger partial charge is 0.489 e. The zero-order valence-electron chi connectivity index (χ0n) is 23.1. The Morgan fingerprint density at radius 1 is 1.00 bits per heavy atom. The number of nitrogen functional groups attached to an aromatic ring is 2. The van der Waals surface area contributed by atoms with Crippen LogP contribution < -0.4 is 26.8 Å². The molecule has 3 aliphatic rings. The van der Waals surface area contributed by atoms with E-state index >= 15 is 0 Å². The van der Waals surface area contributed by atoms with Gasteiger partial charge in [0, 0.05) is 25.0 Å². The Kier molecular flexibility index (Phi) is 7.59. The smallest absolute Gasteiger partial charge is 0.302 e. The molecule has 1 spiro atoms. The fourth-order valence-electron chi connectivity index (χ4n) is 6.29. The number of hydrogen-bond acceptors (Lipinski definition) is 7. The van der Waals surface area contributed by atoms with Crippen molar-refractivity contribution in [2.45, 2.75) is 62.8 Å². The first kappa shape index (κ1) is 27.8. The van der Waals surface area contributed by atoms with Crippen molar-refractivity contribution in [3.8, 4) is 5.75 Å². The molecule has 3 aromatic rings. The van der Waals surface area contributed by atoms with Crippen molar-refractivity contribution >= 4 is 41.0 Å². The molecule has 2 unspecified atom stereocenters. The summed E-state index contributed by atoms with van der Waals surface area (Å²) in [6, 6.07) is 18.3. The van der Waals surface area contributed by atoms with Crippen LogP contribution in [0.15, 0.2) is 59.6 Å². The van der Waals surface area contributed by atoms with Crippen LogP contribution in [-0.2, 0) is 17.8 Å². The second-order valence-corrected chi connectivity index (χ2v) is 11.5. The summed E-state index contributed by atoms with van der Waals surface area (Å²) >= 11 is 5.91. The van der Waals surface area contributed by atoms with E-state index in [2.05, 4.69) is 30.5 Å². The molecular weight excluding hydrogens is 556 g/mol. The average molecular weight is 589 g/mol. The van der Waals surface area contributed by atoms with Crippen molar-refractivity contribution in [1.29, 1.82) is 0 Å². The van der Waals surface area contributed by atoms with Crippen molar-refractivity contribution in [2.24, 2.45) is 4.99 Å². The number of aliphatic imine (C=N–C) groups is 1. The number of hydrogen-bond donors (Lipinski definition) is 4. The minimum Gasteiger partial charge on any atom is -0.489 e. The first-order valence-electron chi connectivity index (χ1n) is 14.1. The molecule has 2 bridgehead atoms. The molecule has 3 saturated heterocycles. The monoisotopic (exact) mass is 588 g/mol. The van der Waals surface area contributed by atoms with Crippen molar-refractivity contribution in [1.82, 2.24) is 25.5 Å². The number of piperidine rings is 1. The summed E-state index contributed by atoms with van der Waals surface area (Å²) in [5.41, 5.74) is 13.2. The normalized spacial score (nSPS) is 23.5. The number of rotatable bonds is 7. The highest BCUT2D eigenvalue weighted by molar-refractivity contribution is 6.31. The van der Waals surface area contributed by atoms with E-state index in [4.69, 9.17) is 27.8 Å². The summed E-state index contributed by atoms with van der Waals surface area (Å²) in [5.74, 6) is 0.504. The fraction of sp³-hybridized carbons (Fsp3) is 0.367. The lowest BCUT2D eigenvalue weighted by atomic mass is 9.83. The third kappa shape index (κ3) is 5.82. The molecule has 0 saturated carbocycles. The van der Waals surface area contributed by atoms with Gasteiger partial charge in [-0.3, -0.25) is 9.59 Å². The summed E-state index contributed by atoms with van der Waals surface area (Å²) in [4.78, 5) is 40.1. The van der Waals surface area contributed by atoms with Gasteiger partial charge in [0.25, 0.3) is 0 Å². The van der Waals surface area contributed by atoms with Crippen LogP contribution in [0.2, 0.25) is 5.15 Å². The van der Waals surface area contributed by atoms with E-state index < -0.39 is 5.91 Å². The van der Waals surface area contributed by atoms with Gasteiger partial charge in [-0.05, 0) is 55.4 Å². The van der Waals surface area contributed by atoms with Crippen molar-refractivity contribution in [3.63, 3.8) is 0 Å². The highest BCUT2D eigenvalue weighted by Crippen LogP contribution is 2.42. The minimum absolute atomic E-state index is 0.0479. The quantitative estimate of drug-likeness (QED) is 0.325. The van der Waals surface area contributed by atoms with E-state index in [1.54, 1.807) is 0 Å². The number of ether oxygens (including phenoxy) is 1. The number of nitrogens with two attached hydrogens (primary N) is 2. The molecule has 3 fully saturated rings. The third-order valence-corrected chi connectivity index (χ3v) is 8.54. The van der Waals surface area contributed by atoms with E-state index in [0.29, 0.717) is 32.0 Å². The van der Waals surface area contributed by atoms with Gasteiger partial charge in [0.15, 0.2) is 28.4 Å². The number of carbonyl (C=O) groups is 2. The molecule has 0 radical (unpaired) electrons. The second-order valence-electron chi connectivity index (χ2n) is 11.2. The number of carbonyl (C=O) groups excluding carboxylic acids is 2. The van der Waals surface area contributed by atoms with E-state index in [0.717, 1.165) is 42.6 Å². The molecule has 6 rings (SSSR count). The lowest BCUT2D eigenvalue weighted by molar-refractivity contribution is -0.136. The Morgan fingerprint density at radius 3 is 2.43 bits per heavy atom. The zero-order chi connectivity index (χ0) is 29.3. The van der Waals surface area contributed by atoms with Crippen LogP contribution in [0.4, 0.5) is 11.6 Å². The van der Waals surface area contributed by atoms with Gasteiger partial charge in [-0.1, -0.05) is 54.1 Å². The second kappa shape index (κ2) is 11.5. The van der Waals surface area contributed by atoms with Gasteiger partial charge < -0.3 is 31.7 Å². The lowest BCUT2D eigenvalue weighted by Gasteiger charge is -2.44. The average Bonchev–Trinajstić information content (AvgIpc) is 3.50. The van der Waals surface area contributed by atoms with Crippen LogP contribution in [0.5, 0.6) is 5.75 Å². The Labute approximate surface area is 248 Å². The summed E-state index contributed by atoms with van der Waals surface area (Å²) in [5, 5.41) is 6.52. The van der Waals surface area contributed by atoms with Crippen LogP contribution >= 0.6 is 11.6 Å². The van der Waals surface area contributed by atoms with Gasteiger partial charge in [-0.15, -0.1) is 0 Å². The molecule has 3 aliphatic heterocycles. The Bertz CT molecular complexity index is 1500. The number of benzene rings is 2. The van der Waals surface area contributed by atoms with E-state index in [1.807, 2.05) is 54.6 Å². The molecule has 6 N–H and O–H groups in total. The van der Waals surface area contributed by atoms with Crippen LogP contribution in [0.3, 0.4) is 0 Å². The predicted octanol–water partition coefficient (Wildman–Crippen LogP) is 3.09. The van der Waals surface area contributed by atoms with Crippen molar-refractivity contribution in [2.75, 3.05) is 18.0 Å². The number of guanidine groups is 1. The van der Waals surface area contributed by atoms with E-state index in [1.165, 1.54) is 0 Å². The first-order chi connectivity index (χ1) is 20.3. The van der Waals surface area contributed by atoms with Gasteiger partial charge in [0.1, 0.15) is 12.4 Å². The van der Waals surface area contributed by atoms with Gasteiger partial charge in [-0.2, -0.15) is 4.99 Å². The molecule has 12 heteroatoms. The lowest BCUT2D eigenvalue weighted by Crippen LogP contribution is -2.58. The number of anilines is 2. The molecule has 42 heavy (non-hydrogen) atoms. The van der Waals surface area contributed by atoms with E-state index in [-0.39, 0.29) is 46.0 Å². The molecule has 2 aromatic carbocycles. The van der Waals surface area contributed by atoms with Crippen molar-refractivity contribution < 1.29 is 14.3 Å². The Morgan fingerprint density at radius 2 is 1.71 bits per heavy atom. The minimum atomic E-state index is -0.666. The van der Waals surface area contributed by atoms with Crippen LogP contribution in [0, 0.1) is 0 Å². The summed E-state index contributed by atoms with van der Waals surface area (Å²) in [7, 11) is 0. The summed E-state index contributed by atoms with van der Waals surface area (Å²) in [6.07, 6.45) is 4.63. The van der Waals surface area contributed by atoms with Gasteiger partial charge in [-0.25, -0.2) is 9.97 Å². The topological polar surface area (TPSA) is 161 Å².